The largest absolute Gasteiger partial charge is 0.493 e. The first kappa shape index (κ1) is 21.8. The van der Waals surface area contributed by atoms with Crippen LogP contribution in [-0.4, -0.2) is 39.4 Å². The van der Waals surface area contributed by atoms with Gasteiger partial charge in [-0.15, -0.1) is 12.4 Å². The van der Waals surface area contributed by atoms with E-state index in [9.17, 15) is 4.79 Å². The molecule has 0 saturated carbocycles. The van der Waals surface area contributed by atoms with Crippen LogP contribution in [0.1, 0.15) is 18.9 Å². The number of amides is 1. The molecule has 0 saturated heterocycles. The molecule has 0 aliphatic heterocycles. The Morgan fingerprint density at radius 1 is 1.39 bits per heavy atom. The molecular weight excluding hydrogens is 343 g/mol. The Morgan fingerprint density at radius 2 is 2.13 bits per heavy atom. The van der Waals surface area contributed by atoms with Gasteiger partial charge in [0.2, 0.25) is 0 Å². The summed E-state index contributed by atoms with van der Waals surface area (Å²) in [5.74, 6) is 0.223. The van der Waals surface area contributed by atoms with E-state index in [0.717, 1.165) is 31.7 Å². The van der Waals surface area contributed by atoms with Crippen molar-refractivity contribution in [2.24, 2.45) is 5.73 Å². The average Bonchev–Trinajstić information content (AvgIpc) is 2.48. The van der Waals surface area contributed by atoms with Crippen molar-refractivity contribution in [1.29, 1.82) is 0 Å². The molecule has 6 nitrogen and oxygen atoms in total. The van der Waals surface area contributed by atoms with Gasteiger partial charge in [-0.1, -0.05) is 11.6 Å². The van der Waals surface area contributed by atoms with Gasteiger partial charge in [-0.3, -0.25) is 4.79 Å². The van der Waals surface area contributed by atoms with E-state index in [1.165, 1.54) is 7.11 Å². The summed E-state index contributed by atoms with van der Waals surface area (Å²) in [6, 6.07) is 3.59. The second-order valence-corrected chi connectivity index (χ2v) is 5.00. The molecule has 0 spiro atoms. The van der Waals surface area contributed by atoms with Gasteiger partial charge in [0.15, 0.2) is 18.1 Å². The molecule has 0 unspecified atom stereocenters. The Morgan fingerprint density at radius 3 is 2.74 bits per heavy atom. The molecule has 3 N–H and O–H groups in total. The van der Waals surface area contributed by atoms with Gasteiger partial charge in [0, 0.05) is 19.8 Å². The lowest BCUT2D eigenvalue weighted by Crippen LogP contribution is -2.20. The number of nitrogens with two attached hydrogens (primary N) is 1. The minimum absolute atomic E-state index is 0. The Labute approximate surface area is 148 Å². The second kappa shape index (κ2) is 12.2. The van der Waals surface area contributed by atoms with Gasteiger partial charge in [-0.25, -0.2) is 0 Å². The summed E-state index contributed by atoms with van der Waals surface area (Å²) in [5, 5.41) is 3.68. The maximum Gasteiger partial charge on any atom is 0.255 e. The second-order valence-electron chi connectivity index (χ2n) is 4.59. The van der Waals surface area contributed by atoms with Crippen LogP contribution in [0, 0.1) is 0 Å². The molecule has 0 bridgehead atoms. The molecule has 0 fully saturated rings. The fraction of sp³-hybridized carbons (Fsp3) is 0.533. The number of carbonyl (C=O) groups excluding carboxylic acids is 1. The van der Waals surface area contributed by atoms with Gasteiger partial charge in [0.25, 0.3) is 5.91 Å². The lowest BCUT2D eigenvalue weighted by molar-refractivity contribution is -0.119. The molecule has 1 aromatic rings. The first-order valence-electron chi connectivity index (χ1n) is 7.14. The van der Waals surface area contributed by atoms with Crippen LogP contribution in [-0.2, 0) is 16.1 Å². The fourth-order valence-electron chi connectivity index (χ4n) is 1.83. The number of rotatable bonds is 11. The number of hydrogen-bond acceptors (Lipinski definition) is 5. The van der Waals surface area contributed by atoms with Crippen molar-refractivity contribution >= 4 is 29.9 Å². The lowest BCUT2D eigenvalue weighted by atomic mass is 10.2. The number of primary amides is 1. The summed E-state index contributed by atoms with van der Waals surface area (Å²) in [5.41, 5.74) is 6.02. The number of hydrogen-bond donors (Lipinski definition) is 2. The van der Waals surface area contributed by atoms with Crippen LogP contribution in [0.5, 0.6) is 11.5 Å². The molecule has 0 radical (unpaired) electrons. The Bertz CT molecular complexity index is 487. The third-order valence-corrected chi connectivity index (χ3v) is 3.10. The van der Waals surface area contributed by atoms with Crippen LogP contribution in [0.3, 0.4) is 0 Å². The molecule has 1 aromatic carbocycles. The number of benzene rings is 1. The van der Waals surface area contributed by atoms with Crippen molar-refractivity contribution < 1.29 is 19.0 Å². The molecule has 8 heteroatoms. The standard InChI is InChI=1S/C15H23ClN2O4.ClH/c1-3-21-6-4-5-18-9-11-7-12(16)15(13(8-11)20-2)22-10-14(17)19;/h7-8,18H,3-6,9-10H2,1-2H3,(H2,17,19);1H. The Balaban J connectivity index is 0.00000484. The SMILES string of the molecule is CCOCCCNCc1cc(Cl)c(OCC(N)=O)c(OC)c1.Cl. The highest BCUT2D eigenvalue weighted by molar-refractivity contribution is 6.32. The number of ether oxygens (including phenoxy) is 3. The lowest BCUT2D eigenvalue weighted by Gasteiger charge is -2.13. The zero-order valence-corrected chi connectivity index (χ0v) is 15.0. The molecular formula is C15H24Cl2N2O4. The highest BCUT2D eigenvalue weighted by Gasteiger charge is 2.13. The monoisotopic (exact) mass is 366 g/mol. The molecule has 0 aromatic heterocycles. The molecule has 0 heterocycles. The summed E-state index contributed by atoms with van der Waals surface area (Å²) >= 11 is 6.17. The van der Waals surface area contributed by atoms with Crippen LogP contribution in [0.25, 0.3) is 0 Å². The summed E-state index contributed by atoms with van der Waals surface area (Å²) in [4.78, 5) is 10.8. The van der Waals surface area contributed by atoms with E-state index in [-0.39, 0.29) is 19.0 Å². The molecule has 0 aliphatic carbocycles. The molecule has 1 rings (SSSR count). The third-order valence-electron chi connectivity index (χ3n) is 2.82. The van der Waals surface area contributed by atoms with E-state index < -0.39 is 5.91 Å². The molecule has 1 amide bonds. The summed E-state index contributed by atoms with van der Waals surface area (Å²) in [7, 11) is 1.52. The van der Waals surface area contributed by atoms with Crippen LogP contribution >= 0.6 is 24.0 Å². The zero-order chi connectivity index (χ0) is 16.4. The predicted octanol–water partition coefficient (Wildman–Crippen LogP) is 2.15. The maximum absolute atomic E-state index is 10.8. The van der Waals surface area contributed by atoms with Crippen molar-refractivity contribution in [3.8, 4) is 11.5 Å². The molecule has 23 heavy (non-hydrogen) atoms. The Hall–Kier alpha value is -1.21. The first-order chi connectivity index (χ1) is 10.6. The van der Waals surface area contributed by atoms with Gasteiger partial charge >= 0.3 is 0 Å². The van der Waals surface area contributed by atoms with E-state index in [2.05, 4.69) is 5.32 Å². The van der Waals surface area contributed by atoms with Crippen LogP contribution in [0.4, 0.5) is 0 Å². The fourth-order valence-corrected chi connectivity index (χ4v) is 2.12. The highest BCUT2D eigenvalue weighted by atomic mass is 35.5. The summed E-state index contributed by atoms with van der Waals surface area (Å²) < 4.78 is 15.8. The third kappa shape index (κ3) is 8.27. The van der Waals surface area contributed by atoms with E-state index in [1.807, 2.05) is 13.0 Å². The maximum atomic E-state index is 10.8. The van der Waals surface area contributed by atoms with Gasteiger partial charge in [-0.05, 0) is 37.6 Å². The quantitative estimate of drug-likeness (QED) is 0.586. The van der Waals surface area contributed by atoms with Crippen molar-refractivity contribution in [3.05, 3.63) is 22.7 Å². The van der Waals surface area contributed by atoms with Gasteiger partial charge in [-0.2, -0.15) is 0 Å². The minimum Gasteiger partial charge on any atom is -0.493 e. The van der Waals surface area contributed by atoms with Crippen molar-refractivity contribution in [2.75, 3.05) is 33.5 Å². The average molecular weight is 367 g/mol. The smallest absolute Gasteiger partial charge is 0.255 e. The molecule has 0 atom stereocenters. The zero-order valence-electron chi connectivity index (χ0n) is 13.4. The first-order valence-corrected chi connectivity index (χ1v) is 7.52. The summed E-state index contributed by atoms with van der Waals surface area (Å²) in [6.45, 7) is 4.71. The minimum atomic E-state index is -0.571. The Kier molecular flexibility index (Phi) is 11.6. The van der Waals surface area contributed by atoms with Gasteiger partial charge < -0.3 is 25.3 Å². The van der Waals surface area contributed by atoms with Gasteiger partial charge in [0.1, 0.15) is 0 Å². The highest BCUT2D eigenvalue weighted by Crippen LogP contribution is 2.36. The van der Waals surface area contributed by atoms with E-state index in [4.69, 9.17) is 31.5 Å². The van der Waals surface area contributed by atoms with Crippen molar-refractivity contribution in [1.82, 2.24) is 5.32 Å². The number of halogens is 2. The summed E-state index contributed by atoms with van der Waals surface area (Å²) in [6.07, 6.45) is 0.943. The number of methoxy groups -OCH3 is 1. The number of nitrogens with one attached hydrogen (secondary N) is 1. The molecule has 132 valence electrons. The van der Waals surface area contributed by atoms with E-state index >= 15 is 0 Å². The van der Waals surface area contributed by atoms with Crippen LogP contribution < -0.4 is 20.5 Å². The topological polar surface area (TPSA) is 82.8 Å². The van der Waals surface area contributed by atoms with E-state index in [0.29, 0.717) is 23.1 Å². The normalized spacial score (nSPS) is 10.0. The van der Waals surface area contributed by atoms with Crippen molar-refractivity contribution in [3.63, 3.8) is 0 Å². The van der Waals surface area contributed by atoms with Crippen LogP contribution in [0.15, 0.2) is 12.1 Å². The molecule has 0 aliphatic rings. The number of carbonyl (C=O) groups is 1. The van der Waals surface area contributed by atoms with E-state index in [1.54, 1.807) is 6.07 Å². The predicted molar refractivity (Wildman–Crippen MR) is 92.8 cm³/mol. The van der Waals surface area contributed by atoms with Crippen LogP contribution in [0.2, 0.25) is 5.02 Å². The van der Waals surface area contributed by atoms with Gasteiger partial charge in [0.05, 0.1) is 12.1 Å². The van der Waals surface area contributed by atoms with Crippen molar-refractivity contribution in [2.45, 2.75) is 19.9 Å².